The molecule has 1 fully saturated rings. The molecular weight excluding hydrogens is 529 g/mol. The fourth-order valence-corrected chi connectivity index (χ4v) is 4.96. The Morgan fingerprint density at radius 2 is 2.02 bits per heavy atom. The van der Waals surface area contributed by atoms with Gasteiger partial charge in [0.2, 0.25) is 0 Å². The highest BCUT2D eigenvalue weighted by Crippen LogP contribution is 2.37. The van der Waals surface area contributed by atoms with Gasteiger partial charge in [-0.3, -0.25) is 10.4 Å². The van der Waals surface area contributed by atoms with Crippen LogP contribution in [-0.2, 0) is 15.9 Å². The molecule has 0 bridgehead atoms. The fourth-order valence-electron chi connectivity index (χ4n) is 4.96. The van der Waals surface area contributed by atoms with Crippen molar-refractivity contribution in [2.75, 3.05) is 31.1 Å². The topological polar surface area (TPSA) is 114 Å². The molecule has 3 aromatic heterocycles. The van der Waals surface area contributed by atoms with Crippen LogP contribution in [0.3, 0.4) is 0 Å². The molecule has 1 unspecified atom stereocenters. The second kappa shape index (κ2) is 13.2. The second-order valence-electron chi connectivity index (χ2n) is 11.1. The summed E-state index contributed by atoms with van der Waals surface area (Å²) in [6, 6.07) is 3.24. The number of nitrogens with one attached hydrogen (secondary N) is 1. The molecule has 4 heterocycles. The first-order chi connectivity index (χ1) is 19.6. The molecule has 3 aromatic rings. The molecule has 1 saturated heterocycles. The van der Waals surface area contributed by atoms with Gasteiger partial charge in [0, 0.05) is 37.9 Å². The van der Waals surface area contributed by atoms with Crippen LogP contribution < -0.4 is 10.3 Å². The fraction of sp³-hybridized carbons (Fsp3) is 0.552. The van der Waals surface area contributed by atoms with Crippen molar-refractivity contribution in [3.8, 4) is 0 Å². The van der Waals surface area contributed by atoms with Crippen LogP contribution in [0.1, 0.15) is 88.0 Å². The zero-order chi connectivity index (χ0) is 29.6. The van der Waals surface area contributed by atoms with E-state index in [4.69, 9.17) is 14.5 Å². The summed E-state index contributed by atoms with van der Waals surface area (Å²) >= 11 is 0. The normalized spacial score (nSPS) is 15.5. The Morgan fingerprint density at radius 3 is 2.76 bits per heavy atom. The number of anilines is 1. The Hall–Kier alpha value is -3.80. The average Bonchev–Trinajstić information content (AvgIpc) is 3.57. The van der Waals surface area contributed by atoms with Crippen LogP contribution in [0.15, 0.2) is 30.7 Å². The molecule has 41 heavy (non-hydrogen) atoms. The standard InChI is InChI=1S/C29H40FN7O4/c1-6-8-13-35(34-28(39)41-29(3,4)5)15-11-23-21(17-20(30)18-31-23)24-10-9-14-36(24)25-12-16-37-26(33-25)22(19-32-37)27(38)40-7-2/h12,16-19,24H,6-11,13-15H2,1-5H3,(H,34,39). The van der Waals surface area contributed by atoms with Crippen molar-refractivity contribution >= 4 is 23.5 Å². The van der Waals surface area contributed by atoms with Crippen molar-refractivity contribution in [2.45, 2.75) is 78.4 Å². The summed E-state index contributed by atoms with van der Waals surface area (Å²) in [4.78, 5) is 36.2. The van der Waals surface area contributed by atoms with E-state index in [2.05, 4.69) is 27.3 Å². The lowest BCUT2D eigenvalue weighted by Crippen LogP contribution is -2.46. The van der Waals surface area contributed by atoms with Crippen molar-refractivity contribution in [3.05, 3.63) is 53.4 Å². The number of carbonyl (C=O) groups excluding carboxylic acids is 2. The number of esters is 1. The van der Waals surface area contributed by atoms with Crippen LogP contribution in [-0.4, -0.2) is 68.5 Å². The zero-order valence-corrected chi connectivity index (χ0v) is 24.5. The van der Waals surface area contributed by atoms with Gasteiger partial charge in [0.1, 0.15) is 22.8 Å². The van der Waals surface area contributed by atoms with Gasteiger partial charge in [-0.05, 0) is 64.7 Å². The van der Waals surface area contributed by atoms with Gasteiger partial charge in [0.15, 0.2) is 5.65 Å². The smallest absolute Gasteiger partial charge is 0.422 e. The number of aromatic nitrogens is 4. The summed E-state index contributed by atoms with van der Waals surface area (Å²) in [5, 5.41) is 6.06. The lowest BCUT2D eigenvalue weighted by Gasteiger charge is -2.29. The Kier molecular flexibility index (Phi) is 9.74. The molecule has 1 aliphatic heterocycles. The Labute approximate surface area is 240 Å². The van der Waals surface area contributed by atoms with Crippen LogP contribution in [0, 0.1) is 5.82 Å². The molecule has 1 aliphatic rings. The van der Waals surface area contributed by atoms with Gasteiger partial charge in [-0.2, -0.15) is 5.10 Å². The molecule has 4 rings (SSSR count). The van der Waals surface area contributed by atoms with Gasteiger partial charge < -0.3 is 14.4 Å². The molecular formula is C29H40FN7O4. The van der Waals surface area contributed by atoms with Crippen LogP contribution in [0.5, 0.6) is 0 Å². The quantitative estimate of drug-likeness (QED) is 0.255. The Balaban J connectivity index is 1.57. The average molecular weight is 570 g/mol. The summed E-state index contributed by atoms with van der Waals surface area (Å²) in [7, 11) is 0. The molecule has 222 valence electrons. The number of hydrogen-bond acceptors (Lipinski definition) is 9. The second-order valence-corrected chi connectivity index (χ2v) is 11.1. The van der Waals surface area contributed by atoms with Crippen molar-refractivity contribution < 1.29 is 23.5 Å². The number of carbonyl (C=O) groups is 2. The molecule has 1 atom stereocenters. The summed E-state index contributed by atoms with van der Waals surface area (Å²) in [5.74, 6) is -0.221. The minimum atomic E-state index is -0.608. The molecule has 0 saturated carbocycles. The predicted octanol–water partition coefficient (Wildman–Crippen LogP) is 4.87. The van der Waals surface area contributed by atoms with Gasteiger partial charge in [-0.15, -0.1) is 0 Å². The van der Waals surface area contributed by atoms with Crippen LogP contribution in [0.4, 0.5) is 15.0 Å². The van der Waals surface area contributed by atoms with Crippen LogP contribution in [0.25, 0.3) is 5.65 Å². The molecule has 0 aliphatic carbocycles. The van der Waals surface area contributed by atoms with E-state index in [0.717, 1.165) is 43.5 Å². The molecule has 12 heteroatoms. The first kappa shape index (κ1) is 30.2. The third kappa shape index (κ3) is 7.69. The highest BCUT2D eigenvalue weighted by Gasteiger charge is 2.31. The largest absolute Gasteiger partial charge is 0.462 e. The van der Waals surface area contributed by atoms with E-state index in [0.29, 0.717) is 36.5 Å². The SMILES string of the molecule is CCCCN(CCc1ncc(F)cc1C1CCCN1c1ccn2ncc(C(=O)OCC)c2n1)NC(=O)OC(C)(C)C. The maximum absolute atomic E-state index is 14.6. The van der Waals surface area contributed by atoms with Crippen molar-refractivity contribution in [1.29, 1.82) is 0 Å². The molecule has 11 nitrogen and oxygen atoms in total. The minimum absolute atomic E-state index is 0.153. The molecule has 1 amide bonds. The van der Waals surface area contributed by atoms with Crippen LogP contribution >= 0.6 is 0 Å². The molecule has 0 aromatic carbocycles. The number of nitrogens with zero attached hydrogens (tertiary/aromatic N) is 6. The maximum Gasteiger partial charge on any atom is 0.422 e. The number of hydrogen-bond donors (Lipinski definition) is 1. The number of fused-ring (bicyclic) bond motifs is 1. The molecule has 0 radical (unpaired) electrons. The lowest BCUT2D eigenvalue weighted by atomic mass is 10.0. The van der Waals surface area contributed by atoms with E-state index in [1.807, 2.05) is 31.8 Å². The number of hydrazine groups is 1. The van der Waals surface area contributed by atoms with Gasteiger partial charge in [0.05, 0.1) is 25.0 Å². The van der Waals surface area contributed by atoms with Gasteiger partial charge >= 0.3 is 12.1 Å². The van der Waals surface area contributed by atoms with Crippen molar-refractivity contribution in [1.82, 2.24) is 30.0 Å². The van der Waals surface area contributed by atoms with E-state index in [-0.39, 0.29) is 12.6 Å². The Morgan fingerprint density at radius 1 is 1.22 bits per heavy atom. The van der Waals surface area contributed by atoms with Gasteiger partial charge in [-0.25, -0.2) is 28.5 Å². The van der Waals surface area contributed by atoms with Crippen LogP contribution in [0.2, 0.25) is 0 Å². The highest BCUT2D eigenvalue weighted by atomic mass is 19.1. The first-order valence-corrected chi connectivity index (χ1v) is 14.3. The number of halogens is 1. The number of rotatable bonds is 11. The van der Waals surface area contributed by atoms with Crippen molar-refractivity contribution in [2.24, 2.45) is 0 Å². The number of unbranched alkanes of at least 4 members (excludes halogenated alkanes) is 1. The van der Waals surface area contributed by atoms with Gasteiger partial charge in [-0.1, -0.05) is 13.3 Å². The van der Waals surface area contributed by atoms with Gasteiger partial charge in [0.25, 0.3) is 0 Å². The van der Waals surface area contributed by atoms with Crippen molar-refractivity contribution in [3.63, 3.8) is 0 Å². The zero-order valence-electron chi connectivity index (χ0n) is 24.5. The lowest BCUT2D eigenvalue weighted by molar-refractivity contribution is 0.0327. The summed E-state index contributed by atoms with van der Waals surface area (Å²) < 4.78 is 26.7. The minimum Gasteiger partial charge on any atom is -0.462 e. The van der Waals surface area contributed by atoms with E-state index < -0.39 is 23.5 Å². The Bertz CT molecular complexity index is 1360. The van der Waals surface area contributed by atoms with E-state index >= 15 is 0 Å². The molecule has 0 spiro atoms. The maximum atomic E-state index is 14.6. The van der Waals surface area contributed by atoms with E-state index in [1.165, 1.54) is 12.4 Å². The summed E-state index contributed by atoms with van der Waals surface area (Å²) in [5.41, 5.74) is 4.49. The number of amides is 1. The molecule has 1 N–H and O–H groups in total. The number of pyridine rings is 1. The van der Waals surface area contributed by atoms with E-state index in [9.17, 15) is 14.0 Å². The summed E-state index contributed by atoms with van der Waals surface area (Å²) in [6.07, 6.45) is 7.99. The highest BCUT2D eigenvalue weighted by molar-refractivity contribution is 5.95. The third-order valence-corrected chi connectivity index (χ3v) is 6.77. The van der Waals surface area contributed by atoms with E-state index in [1.54, 1.807) is 23.7 Å². The first-order valence-electron chi connectivity index (χ1n) is 14.3. The monoisotopic (exact) mass is 569 g/mol. The predicted molar refractivity (Wildman–Crippen MR) is 152 cm³/mol. The number of ether oxygens (including phenoxy) is 2. The third-order valence-electron chi connectivity index (χ3n) is 6.77. The summed E-state index contributed by atoms with van der Waals surface area (Å²) in [6.45, 7) is 11.4.